The molecule has 2 nitrogen and oxygen atoms in total. The summed E-state index contributed by atoms with van der Waals surface area (Å²) >= 11 is 5.93. The van der Waals surface area contributed by atoms with Gasteiger partial charge in [0.2, 0.25) is 0 Å². The Bertz CT molecular complexity index is 671. The number of amides is 1. The predicted molar refractivity (Wildman–Crippen MR) is 78.5 cm³/mol. The lowest BCUT2D eigenvalue weighted by Crippen LogP contribution is -2.12. The molecule has 3 heteroatoms. The van der Waals surface area contributed by atoms with Gasteiger partial charge in [0.1, 0.15) is 0 Å². The minimum atomic E-state index is -0.186. The summed E-state index contributed by atoms with van der Waals surface area (Å²) in [5.41, 5.74) is 2.83. The van der Waals surface area contributed by atoms with Gasteiger partial charge in [-0.25, -0.2) is 0 Å². The molecule has 0 radical (unpaired) electrons. The maximum absolute atomic E-state index is 12.1. The van der Waals surface area contributed by atoms with E-state index >= 15 is 0 Å². The molecule has 0 aromatic heterocycles. The number of carbonyl (C=O) groups is 1. The fourth-order valence-electron chi connectivity index (χ4n) is 1.68. The zero-order chi connectivity index (χ0) is 13.8. The van der Waals surface area contributed by atoms with Crippen LogP contribution in [-0.2, 0) is 0 Å². The van der Waals surface area contributed by atoms with E-state index in [1.165, 1.54) is 0 Å². The highest BCUT2D eigenvalue weighted by Crippen LogP contribution is 2.17. The lowest BCUT2D eigenvalue weighted by Gasteiger charge is -2.07. The second kappa shape index (κ2) is 5.60. The van der Waals surface area contributed by atoms with Gasteiger partial charge in [-0.1, -0.05) is 23.6 Å². The van der Waals surface area contributed by atoms with Crippen LogP contribution in [0.3, 0.4) is 0 Å². The van der Waals surface area contributed by atoms with E-state index in [4.69, 9.17) is 18.0 Å². The Morgan fingerprint density at radius 3 is 2.74 bits per heavy atom. The molecular weight excluding hydrogens is 258 g/mol. The summed E-state index contributed by atoms with van der Waals surface area (Å²) in [6.45, 7) is 1.86. The Morgan fingerprint density at radius 1 is 1.26 bits per heavy atom. The standard InChI is InChI=1S/C16H12ClNO/c1-3-12-5-4-6-14(10-12)18-16(19)13-7-8-15(17)11(2)9-13/h1,4-10H,2H3,(H,18,19). The predicted octanol–water partition coefficient (Wildman–Crippen LogP) is 3.88. The average molecular weight is 270 g/mol. The molecule has 0 unspecified atom stereocenters. The lowest BCUT2D eigenvalue weighted by molar-refractivity contribution is 0.102. The topological polar surface area (TPSA) is 29.1 Å². The van der Waals surface area contributed by atoms with Crippen molar-refractivity contribution in [1.29, 1.82) is 0 Å². The second-order valence-electron chi connectivity index (χ2n) is 4.14. The van der Waals surface area contributed by atoms with Crippen LogP contribution in [0.4, 0.5) is 5.69 Å². The van der Waals surface area contributed by atoms with Gasteiger partial charge in [0, 0.05) is 21.8 Å². The van der Waals surface area contributed by atoms with Crippen molar-refractivity contribution in [3.05, 3.63) is 64.2 Å². The van der Waals surface area contributed by atoms with Gasteiger partial charge in [0.05, 0.1) is 0 Å². The van der Waals surface area contributed by atoms with Gasteiger partial charge in [-0.05, 0) is 48.9 Å². The third-order valence-corrected chi connectivity index (χ3v) is 3.13. The van der Waals surface area contributed by atoms with Crippen molar-refractivity contribution in [3.63, 3.8) is 0 Å². The molecular formula is C16H12ClNO. The molecule has 0 saturated heterocycles. The Morgan fingerprint density at radius 2 is 2.05 bits per heavy atom. The molecule has 0 spiro atoms. The van der Waals surface area contributed by atoms with Crippen molar-refractivity contribution in [2.75, 3.05) is 5.32 Å². The number of aryl methyl sites for hydroxylation is 1. The number of hydrogen-bond donors (Lipinski definition) is 1. The first kappa shape index (κ1) is 13.2. The van der Waals surface area contributed by atoms with E-state index in [2.05, 4.69) is 11.2 Å². The number of anilines is 1. The first-order valence-corrected chi connectivity index (χ1v) is 6.12. The summed E-state index contributed by atoms with van der Waals surface area (Å²) in [6, 6.07) is 12.3. The Balaban J connectivity index is 2.21. The minimum Gasteiger partial charge on any atom is -0.322 e. The molecule has 0 aliphatic heterocycles. The van der Waals surface area contributed by atoms with Crippen molar-refractivity contribution >= 4 is 23.2 Å². The van der Waals surface area contributed by atoms with E-state index in [1.54, 1.807) is 36.4 Å². The van der Waals surface area contributed by atoms with E-state index in [0.29, 0.717) is 16.3 Å². The average Bonchev–Trinajstić information content (AvgIpc) is 2.42. The van der Waals surface area contributed by atoms with Crippen LogP contribution < -0.4 is 5.32 Å². The highest BCUT2D eigenvalue weighted by molar-refractivity contribution is 6.31. The third kappa shape index (κ3) is 3.15. The molecule has 2 rings (SSSR count). The lowest BCUT2D eigenvalue weighted by atomic mass is 10.1. The summed E-state index contributed by atoms with van der Waals surface area (Å²) in [7, 11) is 0. The highest BCUT2D eigenvalue weighted by atomic mass is 35.5. The van der Waals surface area contributed by atoms with Gasteiger partial charge in [-0.3, -0.25) is 4.79 Å². The molecule has 0 saturated carbocycles. The fourth-order valence-corrected chi connectivity index (χ4v) is 1.79. The maximum Gasteiger partial charge on any atom is 0.255 e. The van der Waals surface area contributed by atoms with Crippen molar-refractivity contribution in [1.82, 2.24) is 0 Å². The molecule has 0 heterocycles. The molecule has 0 bridgehead atoms. The summed E-state index contributed by atoms with van der Waals surface area (Å²) in [5, 5.41) is 3.45. The van der Waals surface area contributed by atoms with Crippen molar-refractivity contribution < 1.29 is 4.79 Å². The quantitative estimate of drug-likeness (QED) is 0.824. The molecule has 19 heavy (non-hydrogen) atoms. The van der Waals surface area contributed by atoms with Crippen LogP contribution in [-0.4, -0.2) is 5.91 Å². The Hall–Kier alpha value is -2.24. The van der Waals surface area contributed by atoms with Crippen molar-refractivity contribution in [3.8, 4) is 12.3 Å². The normalized spacial score (nSPS) is 9.74. The second-order valence-corrected chi connectivity index (χ2v) is 4.55. The molecule has 94 valence electrons. The van der Waals surface area contributed by atoms with E-state index in [9.17, 15) is 4.79 Å². The smallest absolute Gasteiger partial charge is 0.255 e. The highest BCUT2D eigenvalue weighted by Gasteiger charge is 2.07. The summed E-state index contributed by atoms with van der Waals surface area (Å²) < 4.78 is 0. The van der Waals surface area contributed by atoms with E-state index in [-0.39, 0.29) is 5.91 Å². The van der Waals surface area contributed by atoms with Gasteiger partial charge in [0.15, 0.2) is 0 Å². The zero-order valence-electron chi connectivity index (χ0n) is 10.4. The molecule has 1 N–H and O–H groups in total. The van der Waals surface area contributed by atoms with Crippen LogP contribution in [0.15, 0.2) is 42.5 Å². The number of halogens is 1. The van der Waals surface area contributed by atoms with Gasteiger partial charge < -0.3 is 5.32 Å². The van der Waals surface area contributed by atoms with Crippen LogP contribution in [0, 0.1) is 19.3 Å². The molecule has 0 aliphatic rings. The number of rotatable bonds is 2. The molecule has 0 fully saturated rings. The van der Waals surface area contributed by atoms with E-state index in [0.717, 1.165) is 11.1 Å². The Kier molecular flexibility index (Phi) is 3.89. The minimum absolute atomic E-state index is 0.186. The number of terminal acetylenes is 1. The Labute approximate surface area is 117 Å². The number of nitrogens with one attached hydrogen (secondary N) is 1. The number of carbonyl (C=O) groups excluding carboxylic acids is 1. The molecule has 0 aliphatic carbocycles. The zero-order valence-corrected chi connectivity index (χ0v) is 11.2. The fraction of sp³-hybridized carbons (Fsp3) is 0.0625. The number of hydrogen-bond acceptors (Lipinski definition) is 1. The molecule has 0 atom stereocenters. The SMILES string of the molecule is C#Cc1cccc(NC(=O)c2ccc(Cl)c(C)c2)c1. The third-order valence-electron chi connectivity index (χ3n) is 2.71. The van der Waals surface area contributed by atoms with Crippen LogP contribution in [0.25, 0.3) is 0 Å². The van der Waals surface area contributed by atoms with E-state index < -0.39 is 0 Å². The first-order valence-electron chi connectivity index (χ1n) is 5.74. The van der Waals surface area contributed by atoms with Crippen LogP contribution in [0.1, 0.15) is 21.5 Å². The summed E-state index contributed by atoms with van der Waals surface area (Å²) in [6.07, 6.45) is 5.32. The van der Waals surface area contributed by atoms with Gasteiger partial charge in [0.25, 0.3) is 5.91 Å². The van der Waals surface area contributed by atoms with Gasteiger partial charge in [-0.2, -0.15) is 0 Å². The summed E-state index contributed by atoms with van der Waals surface area (Å²) in [5.74, 6) is 2.34. The first-order chi connectivity index (χ1) is 9.10. The molecule has 2 aromatic rings. The molecule has 2 aromatic carbocycles. The van der Waals surface area contributed by atoms with Crippen molar-refractivity contribution in [2.45, 2.75) is 6.92 Å². The molecule has 1 amide bonds. The van der Waals surface area contributed by atoms with Crippen LogP contribution >= 0.6 is 11.6 Å². The van der Waals surface area contributed by atoms with Crippen LogP contribution in [0.5, 0.6) is 0 Å². The summed E-state index contributed by atoms with van der Waals surface area (Å²) in [4.78, 5) is 12.1. The number of benzene rings is 2. The largest absolute Gasteiger partial charge is 0.322 e. The van der Waals surface area contributed by atoms with Crippen LogP contribution in [0.2, 0.25) is 5.02 Å². The van der Waals surface area contributed by atoms with Gasteiger partial charge >= 0.3 is 0 Å². The van der Waals surface area contributed by atoms with E-state index in [1.807, 2.05) is 13.0 Å². The van der Waals surface area contributed by atoms with Crippen molar-refractivity contribution in [2.24, 2.45) is 0 Å². The monoisotopic (exact) mass is 269 g/mol. The van der Waals surface area contributed by atoms with Gasteiger partial charge in [-0.15, -0.1) is 6.42 Å². The maximum atomic E-state index is 12.1.